The van der Waals surface area contributed by atoms with Crippen LogP contribution in [-0.4, -0.2) is 22.7 Å². The summed E-state index contributed by atoms with van der Waals surface area (Å²) >= 11 is 7.37. The third-order valence-corrected chi connectivity index (χ3v) is 3.59. The Morgan fingerprint density at radius 2 is 2.21 bits per heavy atom. The lowest BCUT2D eigenvalue weighted by Crippen LogP contribution is -2.24. The Morgan fingerprint density at radius 3 is 2.95 bits per heavy atom. The summed E-state index contributed by atoms with van der Waals surface area (Å²) in [6.45, 7) is 4.35. The zero-order chi connectivity index (χ0) is 13.8. The summed E-state index contributed by atoms with van der Waals surface area (Å²) in [5.74, 6) is 0.769. The van der Waals surface area contributed by atoms with Gasteiger partial charge in [0.05, 0.1) is 12.1 Å². The number of nitrogens with zero attached hydrogens (tertiary/aromatic N) is 1. The Balaban J connectivity index is 2.19. The minimum Gasteiger partial charge on any atom is -0.484 e. The van der Waals surface area contributed by atoms with Crippen molar-refractivity contribution in [2.45, 2.75) is 20.0 Å². The van der Waals surface area contributed by atoms with Crippen molar-refractivity contribution in [2.24, 2.45) is 0 Å². The second-order valence-corrected chi connectivity index (χ2v) is 5.67. The fourth-order valence-corrected chi connectivity index (χ4v) is 2.31. The molecule has 2 rings (SSSR count). The van der Waals surface area contributed by atoms with Crippen LogP contribution < -0.4 is 4.74 Å². The third-order valence-electron chi connectivity index (χ3n) is 2.55. The number of pyridine rings is 1. The minimum atomic E-state index is -0.247. The van der Waals surface area contributed by atoms with Crippen LogP contribution in [0.5, 0.6) is 5.75 Å². The molecular weight excluding hydrogens is 373 g/mol. The molecule has 1 heterocycles. The molecule has 0 saturated carbocycles. The van der Waals surface area contributed by atoms with Crippen molar-refractivity contribution in [2.75, 3.05) is 6.61 Å². The molecule has 0 spiro atoms. The maximum Gasteiger partial charge on any atom is 0.200 e. The predicted molar refractivity (Wildman–Crippen MR) is 88.8 cm³/mol. The first-order valence-corrected chi connectivity index (χ1v) is 7.47. The monoisotopic (exact) mass is 387 g/mol. The highest BCUT2D eigenvalue weighted by Gasteiger charge is 2.11. The van der Waals surface area contributed by atoms with E-state index in [1.165, 1.54) is 0 Å². The normalized spacial score (nSPS) is 12.2. The summed E-state index contributed by atoms with van der Waals surface area (Å²) in [6.07, 6.45) is 1.60. The molecule has 1 atom stereocenters. The molecule has 1 unspecified atom stereocenters. The van der Waals surface area contributed by atoms with Crippen LogP contribution in [-0.2, 0) is 4.74 Å². The van der Waals surface area contributed by atoms with E-state index in [-0.39, 0.29) is 6.10 Å². The highest BCUT2D eigenvalue weighted by atomic mass is 127. The van der Waals surface area contributed by atoms with Crippen molar-refractivity contribution in [3.63, 3.8) is 0 Å². The molecule has 100 valence electrons. The van der Waals surface area contributed by atoms with Gasteiger partial charge in [-0.05, 0) is 72.9 Å². The highest BCUT2D eigenvalue weighted by Crippen LogP contribution is 2.22. The second-order valence-electron chi connectivity index (χ2n) is 4.02. The van der Waals surface area contributed by atoms with E-state index in [9.17, 15) is 0 Å². The van der Waals surface area contributed by atoms with Gasteiger partial charge < -0.3 is 9.47 Å². The van der Waals surface area contributed by atoms with Crippen LogP contribution in [0.4, 0.5) is 0 Å². The fraction of sp³-hybridized carbons (Fsp3) is 0.286. The van der Waals surface area contributed by atoms with Crippen molar-refractivity contribution in [3.8, 4) is 5.75 Å². The number of hydrogen-bond donors (Lipinski definition) is 0. The highest BCUT2D eigenvalue weighted by molar-refractivity contribution is 14.1. The van der Waals surface area contributed by atoms with Gasteiger partial charge >= 0.3 is 0 Å². The van der Waals surface area contributed by atoms with Gasteiger partial charge in [-0.25, -0.2) is 0 Å². The summed E-state index contributed by atoms with van der Waals surface area (Å²) in [5, 5.41) is 1.53. The molecule has 0 N–H and O–H groups in total. The van der Waals surface area contributed by atoms with Gasteiger partial charge in [0.1, 0.15) is 5.75 Å². The van der Waals surface area contributed by atoms with Gasteiger partial charge in [-0.1, -0.05) is 0 Å². The van der Waals surface area contributed by atoms with Crippen molar-refractivity contribution in [1.82, 2.24) is 4.98 Å². The first-order valence-electron chi connectivity index (χ1n) is 5.98. The van der Waals surface area contributed by atoms with Gasteiger partial charge in [0.25, 0.3) is 0 Å². The van der Waals surface area contributed by atoms with E-state index in [1.807, 2.05) is 38.2 Å². The van der Waals surface area contributed by atoms with Gasteiger partial charge in [-0.3, -0.25) is 4.98 Å². The molecule has 1 aromatic heterocycles. The summed E-state index contributed by atoms with van der Waals surface area (Å²) in [5.41, 5.74) is 0.952. The van der Waals surface area contributed by atoms with E-state index in [0.29, 0.717) is 11.7 Å². The molecule has 0 radical (unpaired) electrons. The second kappa shape index (κ2) is 6.47. The van der Waals surface area contributed by atoms with Gasteiger partial charge in [-0.2, -0.15) is 0 Å². The molecule has 2 aromatic rings. The lowest BCUT2D eigenvalue weighted by atomic mass is 10.2. The van der Waals surface area contributed by atoms with E-state index in [2.05, 4.69) is 33.6 Å². The van der Waals surface area contributed by atoms with E-state index < -0.39 is 0 Å². The van der Waals surface area contributed by atoms with Crippen molar-refractivity contribution in [1.29, 1.82) is 0 Å². The molecule has 0 aliphatic heterocycles. The van der Waals surface area contributed by atoms with Crippen LogP contribution >= 0.6 is 34.8 Å². The SMILES string of the molecule is CCOC(=S)C(C)Oc1ccc2ncc(I)cc2c1. The van der Waals surface area contributed by atoms with E-state index in [1.54, 1.807) is 0 Å². The largest absolute Gasteiger partial charge is 0.484 e. The minimum absolute atomic E-state index is 0.247. The van der Waals surface area contributed by atoms with Crippen molar-refractivity contribution >= 4 is 50.8 Å². The smallest absolute Gasteiger partial charge is 0.200 e. The molecule has 0 fully saturated rings. The average molecular weight is 387 g/mol. The van der Waals surface area contributed by atoms with Crippen LogP contribution in [0.15, 0.2) is 30.5 Å². The summed E-state index contributed by atoms with van der Waals surface area (Å²) in [7, 11) is 0. The summed E-state index contributed by atoms with van der Waals surface area (Å²) in [4.78, 5) is 4.35. The van der Waals surface area contributed by atoms with E-state index >= 15 is 0 Å². The molecule has 1 aromatic carbocycles. The number of hydrogen-bond acceptors (Lipinski definition) is 4. The number of thiocarbonyl (C=S) groups is 1. The van der Waals surface area contributed by atoms with Crippen LogP contribution in [0.2, 0.25) is 0 Å². The van der Waals surface area contributed by atoms with E-state index in [0.717, 1.165) is 20.2 Å². The van der Waals surface area contributed by atoms with E-state index in [4.69, 9.17) is 21.7 Å². The first-order chi connectivity index (χ1) is 9.10. The van der Waals surface area contributed by atoms with Gasteiger partial charge in [-0.15, -0.1) is 0 Å². The van der Waals surface area contributed by atoms with Gasteiger partial charge in [0.2, 0.25) is 5.05 Å². The summed E-state index contributed by atoms with van der Waals surface area (Å²) in [6, 6.07) is 7.88. The number of fused-ring (bicyclic) bond motifs is 1. The Hall–Kier alpha value is -0.950. The van der Waals surface area contributed by atoms with Crippen LogP contribution in [0, 0.1) is 3.57 Å². The molecule has 3 nitrogen and oxygen atoms in total. The molecule has 5 heteroatoms. The van der Waals surface area contributed by atoms with Gasteiger partial charge in [0, 0.05) is 15.2 Å². The Morgan fingerprint density at radius 1 is 1.42 bits per heavy atom. The number of benzene rings is 1. The lowest BCUT2D eigenvalue weighted by Gasteiger charge is -2.16. The molecule has 0 aliphatic rings. The number of aromatic nitrogens is 1. The Labute approximate surface area is 131 Å². The lowest BCUT2D eigenvalue weighted by molar-refractivity contribution is 0.230. The molecule has 19 heavy (non-hydrogen) atoms. The maximum absolute atomic E-state index is 5.78. The fourth-order valence-electron chi connectivity index (χ4n) is 1.67. The Kier molecular flexibility index (Phi) is 4.93. The third kappa shape index (κ3) is 3.76. The Bertz CT molecular complexity index is 603. The predicted octanol–water partition coefficient (Wildman–Crippen LogP) is 3.97. The molecule has 0 saturated heterocycles. The van der Waals surface area contributed by atoms with Crippen LogP contribution in [0.1, 0.15) is 13.8 Å². The summed E-state index contributed by atoms with van der Waals surface area (Å²) < 4.78 is 12.2. The van der Waals surface area contributed by atoms with Crippen LogP contribution in [0.25, 0.3) is 10.9 Å². The van der Waals surface area contributed by atoms with Crippen molar-refractivity contribution < 1.29 is 9.47 Å². The number of rotatable bonds is 4. The quantitative estimate of drug-likeness (QED) is 0.587. The molecule has 0 amide bonds. The van der Waals surface area contributed by atoms with Crippen LogP contribution in [0.3, 0.4) is 0 Å². The number of halogens is 1. The van der Waals surface area contributed by atoms with Crippen molar-refractivity contribution in [3.05, 3.63) is 34.0 Å². The molecular formula is C14H14INO2S. The zero-order valence-electron chi connectivity index (χ0n) is 10.7. The van der Waals surface area contributed by atoms with Gasteiger partial charge in [0.15, 0.2) is 6.10 Å². The molecule has 0 bridgehead atoms. The topological polar surface area (TPSA) is 31.4 Å². The standard InChI is InChI=1S/C14H14INO2S/c1-3-17-14(19)9(2)18-12-4-5-13-10(7-12)6-11(15)8-16-13/h4-9H,3H2,1-2H3. The molecule has 0 aliphatic carbocycles. The first kappa shape index (κ1) is 14.5. The number of ether oxygens (including phenoxy) is 2. The zero-order valence-corrected chi connectivity index (χ0v) is 13.7. The average Bonchev–Trinajstić information content (AvgIpc) is 2.38. The maximum atomic E-state index is 5.78.